The number of halogens is 1. The summed E-state index contributed by atoms with van der Waals surface area (Å²) in [5.74, 6) is 0.390. The van der Waals surface area contributed by atoms with Gasteiger partial charge in [0, 0.05) is 12.8 Å². The van der Waals surface area contributed by atoms with Crippen LogP contribution in [0.3, 0.4) is 0 Å². The average Bonchev–Trinajstić information content (AvgIpc) is 3.32. The van der Waals surface area contributed by atoms with Gasteiger partial charge in [-0.3, -0.25) is 4.79 Å². The van der Waals surface area contributed by atoms with Gasteiger partial charge in [-0.15, -0.1) is 0 Å². The van der Waals surface area contributed by atoms with Crippen LogP contribution in [0.4, 0.5) is 0 Å². The van der Waals surface area contributed by atoms with Crippen LogP contribution in [-0.2, 0) is 14.6 Å². The Morgan fingerprint density at radius 2 is 2.03 bits per heavy atom. The zero-order valence-corrected chi connectivity index (χ0v) is 18.8. The van der Waals surface area contributed by atoms with E-state index in [0.29, 0.717) is 25.4 Å². The molecule has 1 amide bonds. The molecule has 4 rings (SSSR count). The maximum Gasteiger partial charge on any atom is 0.255 e. The van der Waals surface area contributed by atoms with Crippen LogP contribution in [-0.4, -0.2) is 72.7 Å². The third-order valence-corrected chi connectivity index (χ3v) is 6.40. The zero-order chi connectivity index (χ0) is 22.7. The molecule has 11 heteroatoms. The second-order valence-corrected chi connectivity index (χ2v) is 9.73. The normalized spacial score (nSPS) is 16.7. The molecule has 32 heavy (non-hydrogen) atoms. The van der Waals surface area contributed by atoms with Crippen molar-refractivity contribution < 1.29 is 22.7 Å². The maximum absolute atomic E-state index is 12.9. The first-order valence-corrected chi connectivity index (χ1v) is 12.1. The first-order valence-electron chi connectivity index (χ1n) is 9.79. The van der Waals surface area contributed by atoms with E-state index in [2.05, 4.69) is 10.1 Å². The Labute approximate surface area is 190 Å². The van der Waals surface area contributed by atoms with Crippen LogP contribution < -0.4 is 4.74 Å². The molecule has 1 fully saturated rings. The SMILES string of the molecule is CS(=O)(=O)c1ccc(C(=O)N2CCOC(COc3ccc(-n4cncn4)cc3)C2)c(Cl)c1. The summed E-state index contributed by atoms with van der Waals surface area (Å²) < 4.78 is 36.6. The summed E-state index contributed by atoms with van der Waals surface area (Å²) in [6, 6.07) is 11.5. The third-order valence-electron chi connectivity index (χ3n) is 4.98. The highest BCUT2D eigenvalue weighted by Gasteiger charge is 2.27. The van der Waals surface area contributed by atoms with Crippen molar-refractivity contribution in [2.45, 2.75) is 11.0 Å². The van der Waals surface area contributed by atoms with Crippen molar-refractivity contribution in [2.75, 3.05) is 32.6 Å². The molecule has 0 spiro atoms. The van der Waals surface area contributed by atoms with Crippen molar-refractivity contribution in [3.05, 3.63) is 65.7 Å². The molecule has 1 saturated heterocycles. The van der Waals surface area contributed by atoms with Crippen LogP contribution in [0.2, 0.25) is 5.02 Å². The lowest BCUT2D eigenvalue weighted by molar-refractivity contribution is -0.0401. The minimum absolute atomic E-state index is 0.0714. The van der Waals surface area contributed by atoms with Gasteiger partial charge in [0.15, 0.2) is 9.84 Å². The molecule has 0 N–H and O–H groups in total. The van der Waals surface area contributed by atoms with Gasteiger partial charge in [0.25, 0.3) is 5.91 Å². The second-order valence-electron chi connectivity index (χ2n) is 7.30. The van der Waals surface area contributed by atoms with Crippen molar-refractivity contribution in [3.8, 4) is 11.4 Å². The zero-order valence-electron chi connectivity index (χ0n) is 17.2. The molecule has 1 unspecified atom stereocenters. The number of ether oxygens (including phenoxy) is 2. The number of hydrogen-bond acceptors (Lipinski definition) is 7. The largest absolute Gasteiger partial charge is 0.491 e. The molecule has 168 valence electrons. The van der Waals surface area contributed by atoms with Gasteiger partial charge >= 0.3 is 0 Å². The van der Waals surface area contributed by atoms with E-state index in [4.69, 9.17) is 21.1 Å². The molecule has 0 saturated carbocycles. The quantitative estimate of drug-likeness (QED) is 0.537. The number of amides is 1. The number of rotatable bonds is 6. The highest BCUT2D eigenvalue weighted by molar-refractivity contribution is 7.90. The Balaban J connectivity index is 1.36. The number of carbonyl (C=O) groups excluding carboxylic acids is 1. The van der Waals surface area contributed by atoms with Crippen LogP contribution in [0.25, 0.3) is 5.69 Å². The van der Waals surface area contributed by atoms with E-state index in [-0.39, 0.29) is 34.1 Å². The fourth-order valence-corrected chi connectivity index (χ4v) is 4.27. The first-order chi connectivity index (χ1) is 15.3. The van der Waals surface area contributed by atoms with E-state index < -0.39 is 9.84 Å². The van der Waals surface area contributed by atoms with Gasteiger partial charge in [-0.05, 0) is 42.5 Å². The molecule has 2 aromatic carbocycles. The molecule has 0 aliphatic carbocycles. The molecular formula is C21H21ClN4O5S. The Morgan fingerprint density at radius 3 is 2.69 bits per heavy atom. The minimum atomic E-state index is -3.40. The van der Waals surface area contributed by atoms with Crippen molar-refractivity contribution >= 4 is 27.3 Å². The molecular weight excluding hydrogens is 456 g/mol. The summed E-state index contributed by atoms with van der Waals surface area (Å²) in [4.78, 5) is 18.6. The Kier molecular flexibility index (Phi) is 6.45. The lowest BCUT2D eigenvalue weighted by Crippen LogP contribution is -2.47. The van der Waals surface area contributed by atoms with Gasteiger partial charge in [-0.25, -0.2) is 18.1 Å². The first kappa shape index (κ1) is 22.3. The number of carbonyl (C=O) groups is 1. The van der Waals surface area contributed by atoms with E-state index in [1.54, 1.807) is 15.9 Å². The topological polar surface area (TPSA) is 104 Å². The number of nitrogens with zero attached hydrogens (tertiary/aromatic N) is 4. The summed E-state index contributed by atoms with van der Waals surface area (Å²) in [7, 11) is -3.40. The number of sulfone groups is 1. The van der Waals surface area contributed by atoms with Gasteiger partial charge in [0.1, 0.15) is 31.1 Å². The summed E-state index contributed by atoms with van der Waals surface area (Å²) in [5.41, 5.74) is 1.11. The summed E-state index contributed by atoms with van der Waals surface area (Å²) in [6.07, 6.45) is 3.86. The summed E-state index contributed by atoms with van der Waals surface area (Å²) in [6.45, 7) is 1.38. The second kappa shape index (κ2) is 9.27. The van der Waals surface area contributed by atoms with E-state index in [1.807, 2.05) is 24.3 Å². The minimum Gasteiger partial charge on any atom is -0.491 e. The number of morpholine rings is 1. The summed E-state index contributed by atoms with van der Waals surface area (Å²) >= 11 is 6.20. The van der Waals surface area contributed by atoms with Crippen molar-refractivity contribution in [3.63, 3.8) is 0 Å². The Morgan fingerprint density at radius 1 is 1.25 bits per heavy atom. The van der Waals surface area contributed by atoms with Crippen LogP contribution in [0.5, 0.6) is 5.75 Å². The molecule has 2 heterocycles. The molecule has 1 atom stereocenters. The molecule has 1 aliphatic rings. The Bertz CT molecular complexity index is 1200. The molecule has 0 radical (unpaired) electrons. The lowest BCUT2D eigenvalue weighted by atomic mass is 10.1. The van der Waals surface area contributed by atoms with E-state index in [9.17, 15) is 13.2 Å². The van der Waals surface area contributed by atoms with E-state index in [1.165, 1.54) is 24.5 Å². The fourth-order valence-electron chi connectivity index (χ4n) is 3.30. The highest BCUT2D eigenvalue weighted by atomic mass is 35.5. The lowest BCUT2D eigenvalue weighted by Gasteiger charge is -2.33. The molecule has 9 nitrogen and oxygen atoms in total. The van der Waals surface area contributed by atoms with Crippen LogP contribution >= 0.6 is 11.6 Å². The molecule has 0 bridgehead atoms. The molecule has 3 aromatic rings. The predicted octanol–water partition coefficient (Wildman–Crippen LogP) is 2.24. The van der Waals surface area contributed by atoms with Crippen molar-refractivity contribution in [1.82, 2.24) is 19.7 Å². The third kappa shape index (κ3) is 5.09. The van der Waals surface area contributed by atoms with Gasteiger partial charge in [-0.1, -0.05) is 11.6 Å². The average molecular weight is 477 g/mol. The number of aromatic nitrogens is 3. The molecule has 1 aromatic heterocycles. The Hall–Kier alpha value is -2.95. The predicted molar refractivity (Wildman–Crippen MR) is 117 cm³/mol. The van der Waals surface area contributed by atoms with Crippen LogP contribution in [0, 0.1) is 0 Å². The van der Waals surface area contributed by atoms with Gasteiger partial charge in [0.2, 0.25) is 0 Å². The van der Waals surface area contributed by atoms with E-state index in [0.717, 1.165) is 11.9 Å². The fraction of sp³-hybridized carbons (Fsp3) is 0.286. The maximum atomic E-state index is 12.9. The molecule has 1 aliphatic heterocycles. The number of hydrogen-bond donors (Lipinski definition) is 0. The van der Waals surface area contributed by atoms with Gasteiger partial charge < -0.3 is 14.4 Å². The monoisotopic (exact) mass is 476 g/mol. The van der Waals surface area contributed by atoms with E-state index >= 15 is 0 Å². The standard InChI is InChI=1S/C21H21ClN4O5S/c1-32(28,29)18-6-7-19(20(22)10-18)21(27)25-8-9-30-17(11-25)12-31-16-4-2-15(3-5-16)26-14-23-13-24-26/h2-7,10,13-14,17H,8-9,11-12H2,1H3. The van der Waals surface area contributed by atoms with Gasteiger partial charge in [0.05, 0.1) is 34.3 Å². The van der Waals surface area contributed by atoms with Gasteiger partial charge in [-0.2, -0.15) is 5.10 Å². The van der Waals surface area contributed by atoms with Crippen molar-refractivity contribution in [1.29, 1.82) is 0 Å². The van der Waals surface area contributed by atoms with Crippen molar-refractivity contribution in [2.24, 2.45) is 0 Å². The number of benzene rings is 2. The smallest absolute Gasteiger partial charge is 0.255 e. The summed E-state index contributed by atoms with van der Waals surface area (Å²) in [5, 5.41) is 4.18. The van der Waals surface area contributed by atoms with Crippen LogP contribution in [0.1, 0.15) is 10.4 Å². The highest BCUT2D eigenvalue weighted by Crippen LogP contribution is 2.23. The van der Waals surface area contributed by atoms with Crippen LogP contribution in [0.15, 0.2) is 60.0 Å².